The van der Waals surface area contributed by atoms with Gasteiger partial charge < -0.3 is 15.0 Å². The number of hydrogen-bond acceptors (Lipinski definition) is 7. The quantitative estimate of drug-likeness (QED) is 0.719. The summed E-state index contributed by atoms with van der Waals surface area (Å²) < 4.78 is 32.1. The predicted octanol–water partition coefficient (Wildman–Crippen LogP) is 2.39. The summed E-state index contributed by atoms with van der Waals surface area (Å²) in [5.74, 6) is 0.0135. The molecule has 1 aliphatic heterocycles. The molecule has 0 radical (unpaired) electrons. The Bertz CT molecular complexity index is 1060. The number of hydrogen-bond donors (Lipinski definition) is 1. The maximum atomic E-state index is 12.6. The second-order valence-electron chi connectivity index (χ2n) is 6.55. The van der Waals surface area contributed by atoms with Gasteiger partial charge in [0.2, 0.25) is 11.8 Å². The van der Waals surface area contributed by atoms with Crippen LogP contribution in [0.3, 0.4) is 0 Å². The number of fused-ring (bicyclic) bond motifs is 1. The number of thioether (sulfide) groups is 1. The van der Waals surface area contributed by atoms with Crippen LogP contribution in [0.1, 0.15) is 5.56 Å². The molecule has 0 spiro atoms. The minimum Gasteiger partial charge on any atom is -0.495 e. The molecule has 11 heteroatoms. The van der Waals surface area contributed by atoms with Gasteiger partial charge in [0.05, 0.1) is 28.4 Å². The molecular formula is C18H21N3O5S3. The average molecular weight is 456 g/mol. The fourth-order valence-corrected chi connectivity index (χ4v) is 6.64. The van der Waals surface area contributed by atoms with E-state index in [2.05, 4.69) is 5.32 Å². The SMILES string of the molecule is COc1ccc(C)cc1NC(=O)CN1C(=O)CSc2sc(S(=O)(=O)N(C)C)cc21. The molecule has 2 aromatic rings. The summed E-state index contributed by atoms with van der Waals surface area (Å²) in [6.07, 6.45) is 0. The van der Waals surface area contributed by atoms with Crippen molar-refractivity contribution in [1.29, 1.82) is 0 Å². The van der Waals surface area contributed by atoms with Gasteiger partial charge in [-0.25, -0.2) is 12.7 Å². The van der Waals surface area contributed by atoms with Crippen molar-refractivity contribution >= 4 is 56.3 Å². The summed E-state index contributed by atoms with van der Waals surface area (Å²) >= 11 is 2.38. The van der Waals surface area contributed by atoms with Crippen LogP contribution < -0.4 is 15.0 Å². The lowest BCUT2D eigenvalue weighted by atomic mass is 10.2. The van der Waals surface area contributed by atoms with E-state index in [1.54, 1.807) is 12.1 Å². The molecule has 0 fully saturated rings. The lowest BCUT2D eigenvalue weighted by molar-refractivity contribution is -0.120. The summed E-state index contributed by atoms with van der Waals surface area (Å²) in [5.41, 5.74) is 1.91. The van der Waals surface area contributed by atoms with E-state index in [1.807, 2.05) is 13.0 Å². The minimum absolute atomic E-state index is 0.139. The molecule has 2 amide bonds. The smallest absolute Gasteiger partial charge is 0.252 e. The standard InChI is InChI=1S/C18H21N3O5S3/c1-11-5-6-14(26-4)12(7-11)19-15(22)9-21-13-8-17(29(24,25)20(2)3)28-18(13)27-10-16(21)23/h5-8H,9-10H2,1-4H3,(H,19,22). The Morgan fingerprint density at radius 3 is 2.69 bits per heavy atom. The molecule has 1 aromatic carbocycles. The first kappa shape index (κ1) is 21.6. The van der Waals surface area contributed by atoms with Gasteiger partial charge in [-0.05, 0) is 30.7 Å². The number of carbonyl (C=O) groups excluding carboxylic acids is 2. The maximum Gasteiger partial charge on any atom is 0.252 e. The van der Waals surface area contributed by atoms with E-state index in [1.165, 1.54) is 43.9 Å². The molecule has 8 nitrogen and oxygen atoms in total. The number of sulfonamides is 1. The molecule has 0 bridgehead atoms. The van der Waals surface area contributed by atoms with Crippen LogP contribution in [0.25, 0.3) is 0 Å². The van der Waals surface area contributed by atoms with E-state index < -0.39 is 15.9 Å². The summed E-state index contributed by atoms with van der Waals surface area (Å²) in [6, 6.07) is 6.86. The number of thiophene rings is 1. The number of rotatable bonds is 6. The van der Waals surface area contributed by atoms with Gasteiger partial charge in [0.1, 0.15) is 16.5 Å². The normalized spacial score (nSPS) is 14.1. The maximum absolute atomic E-state index is 12.6. The van der Waals surface area contributed by atoms with Crippen LogP contribution in [0.2, 0.25) is 0 Å². The first-order chi connectivity index (χ1) is 13.6. The van der Waals surface area contributed by atoms with Gasteiger partial charge in [-0.3, -0.25) is 9.59 Å². The van der Waals surface area contributed by atoms with Gasteiger partial charge in [0.15, 0.2) is 0 Å². The van der Waals surface area contributed by atoms with Gasteiger partial charge in [0.25, 0.3) is 10.0 Å². The van der Waals surface area contributed by atoms with Gasteiger partial charge in [-0.15, -0.1) is 23.1 Å². The topological polar surface area (TPSA) is 96.0 Å². The number of benzene rings is 1. The second-order valence-corrected chi connectivity index (χ2v) is 11.2. The Hall–Kier alpha value is -2.08. The van der Waals surface area contributed by atoms with Crippen LogP contribution in [0.5, 0.6) is 5.75 Å². The average Bonchev–Trinajstić information content (AvgIpc) is 3.09. The monoisotopic (exact) mass is 455 g/mol. The first-order valence-electron chi connectivity index (χ1n) is 8.57. The third kappa shape index (κ3) is 4.42. The number of amides is 2. The predicted molar refractivity (Wildman–Crippen MR) is 115 cm³/mol. The number of aryl methyl sites for hydroxylation is 1. The largest absolute Gasteiger partial charge is 0.495 e. The summed E-state index contributed by atoms with van der Waals surface area (Å²) in [6.45, 7) is 1.67. The van der Waals surface area contributed by atoms with Crippen molar-refractivity contribution in [3.05, 3.63) is 29.8 Å². The van der Waals surface area contributed by atoms with Gasteiger partial charge in [0, 0.05) is 14.1 Å². The van der Waals surface area contributed by atoms with Gasteiger partial charge in [-0.1, -0.05) is 6.07 Å². The van der Waals surface area contributed by atoms with Gasteiger partial charge in [-0.2, -0.15) is 0 Å². The third-order valence-corrected chi connectivity index (χ3v) is 8.89. The molecule has 0 atom stereocenters. The van der Waals surface area contributed by atoms with Crippen LogP contribution in [0, 0.1) is 6.92 Å². The lowest BCUT2D eigenvalue weighted by Crippen LogP contribution is -2.40. The molecule has 156 valence electrons. The molecular weight excluding hydrogens is 434 g/mol. The Morgan fingerprint density at radius 1 is 1.31 bits per heavy atom. The van der Waals surface area contributed by atoms with E-state index in [0.717, 1.165) is 21.2 Å². The van der Waals surface area contributed by atoms with Crippen molar-refractivity contribution in [2.24, 2.45) is 0 Å². The number of nitrogens with zero attached hydrogens (tertiary/aromatic N) is 2. The number of methoxy groups -OCH3 is 1. The van der Waals surface area contributed by atoms with E-state index in [-0.39, 0.29) is 22.4 Å². The van der Waals surface area contributed by atoms with E-state index >= 15 is 0 Å². The number of ether oxygens (including phenoxy) is 1. The molecule has 1 aliphatic rings. The van der Waals surface area contributed by atoms with Crippen LogP contribution in [0.15, 0.2) is 32.7 Å². The second kappa shape index (κ2) is 8.34. The van der Waals surface area contributed by atoms with E-state index in [9.17, 15) is 18.0 Å². The molecule has 0 saturated carbocycles. The fourth-order valence-electron chi connectivity index (χ4n) is 2.71. The highest BCUT2D eigenvalue weighted by Gasteiger charge is 2.32. The molecule has 2 heterocycles. The minimum atomic E-state index is -3.62. The molecule has 3 rings (SSSR count). The van der Waals surface area contributed by atoms with Crippen molar-refractivity contribution in [3.8, 4) is 5.75 Å². The molecule has 0 aliphatic carbocycles. The van der Waals surface area contributed by atoms with Crippen LogP contribution in [-0.4, -0.2) is 58.0 Å². The Balaban J connectivity index is 1.85. The van der Waals surface area contributed by atoms with Crippen molar-refractivity contribution in [2.75, 3.05) is 43.7 Å². The molecule has 0 unspecified atom stereocenters. The number of carbonyl (C=O) groups is 2. The molecule has 1 aromatic heterocycles. The Labute approximate surface area is 177 Å². The zero-order valence-corrected chi connectivity index (χ0v) is 18.8. The lowest BCUT2D eigenvalue weighted by Gasteiger charge is -2.26. The highest BCUT2D eigenvalue weighted by Crippen LogP contribution is 2.44. The Morgan fingerprint density at radius 2 is 2.03 bits per heavy atom. The highest BCUT2D eigenvalue weighted by atomic mass is 32.3. The first-order valence-corrected chi connectivity index (χ1v) is 11.8. The van der Waals surface area contributed by atoms with Crippen molar-refractivity contribution in [1.82, 2.24) is 4.31 Å². The van der Waals surface area contributed by atoms with E-state index in [4.69, 9.17) is 4.74 Å². The molecule has 1 N–H and O–H groups in total. The summed E-state index contributed by atoms with van der Waals surface area (Å²) in [5, 5.41) is 2.77. The summed E-state index contributed by atoms with van der Waals surface area (Å²) in [4.78, 5) is 26.4. The van der Waals surface area contributed by atoms with E-state index in [0.29, 0.717) is 21.3 Å². The van der Waals surface area contributed by atoms with Crippen molar-refractivity contribution in [3.63, 3.8) is 0 Å². The summed E-state index contributed by atoms with van der Waals surface area (Å²) in [7, 11) is 0.793. The van der Waals surface area contributed by atoms with Crippen molar-refractivity contribution in [2.45, 2.75) is 15.3 Å². The zero-order chi connectivity index (χ0) is 21.3. The van der Waals surface area contributed by atoms with Crippen LogP contribution in [-0.2, 0) is 19.6 Å². The van der Waals surface area contributed by atoms with Gasteiger partial charge >= 0.3 is 0 Å². The fraction of sp³-hybridized carbons (Fsp3) is 0.333. The Kier molecular flexibility index (Phi) is 6.22. The molecule has 29 heavy (non-hydrogen) atoms. The van der Waals surface area contributed by atoms with Crippen LogP contribution in [0.4, 0.5) is 11.4 Å². The van der Waals surface area contributed by atoms with Crippen molar-refractivity contribution < 1.29 is 22.7 Å². The van der Waals surface area contributed by atoms with Crippen LogP contribution >= 0.6 is 23.1 Å². The number of anilines is 2. The number of nitrogens with one attached hydrogen (secondary N) is 1. The third-order valence-electron chi connectivity index (χ3n) is 4.24. The highest BCUT2D eigenvalue weighted by molar-refractivity contribution is 8.02. The zero-order valence-electron chi connectivity index (χ0n) is 16.4. The molecule has 0 saturated heterocycles.